The van der Waals surface area contributed by atoms with Crippen molar-refractivity contribution in [2.75, 3.05) is 6.54 Å². The molecule has 0 atom stereocenters. The number of hydrogen-bond acceptors (Lipinski definition) is 6. The number of carboxylic acid groups (broad SMARTS) is 1. The zero-order chi connectivity index (χ0) is 25.8. The second-order valence-electron chi connectivity index (χ2n) is 8.18. The maximum Gasteiger partial charge on any atom is 0.323 e. The quantitative estimate of drug-likeness (QED) is 0.242. The summed E-state index contributed by atoms with van der Waals surface area (Å²) in [4.78, 5) is 25.5. The van der Waals surface area contributed by atoms with Gasteiger partial charge in [-0.15, -0.1) is 0 Å². The fourth-order valence-corrected chi connectivity index (χ4v) is 5.06. The fraction of sp³-hybridized carbons (Fsp3) is 0.0714. The highest BCUT2D eigenvalue weighted by Gasteiger charge is 2.33. The van der Waals surface area contributed by atoms with Crippen LogP contribution in [0.3, 0.4) is 0 Å². The summed E-state index contributed by atoms with van der Waals surface area (Å²) in [5.41, 5.74) is 4.08. The maximum atomic E-state index is 12.9. The number of para-hydroxylation sites is 1. The van der Waals surface area contributed by atoms with Gasteiger partial charge in [0.15, 0.2) is 0 Å². The van der Waals surface area contributed by atoms with Gasteiger partial charge < -0.3 is 9.84 Å². The molecule has 1 N–H and O–H groups in total. The molecule has 2 heterocycles. The lowest BCUT2D eigenvalue weighted by Gasteiger charge is -2.10. The molecule has 1 fully saturated rings. The molecule has 184 valence electrons. The second-order valence-corrected chi connectivity index (χ2v) is 9.85. The van der Waals surface area contributed by atoms with Crippen molar-refractivity contribution < 1.29 is 19.4 Å². The summed E-state index contributed by atoms with van der Waals surface area (Å²) in [5.74, 6) is -0.868. The molecule has 1 aliphatic heterocycles. The van der Waals surface area contributed by atoms with Crippen molar-refractivity contribution in [2.24, 2.45) is 0 Å². The maximum absolute atomic E-state index is 12.9. The van der Waals surface area contributed by atoms with Gasteiger partial charge in [-0.25, -0.2) is 4.68 Å². The number of thioether (sulfide) groups is 1. The predicted molar refractivity (Wildman–Crippen MR) is 147 cm³/mol. The van der Waals surface area contributed by atoms with Gasteiger partial charge in [0.05, 0.1) is 10.6 Å². The first-order chi connectivity index (χ1) is 18.0. The molecule has 1 saturated heterocycles. The number of nitrogens with zero attached hydrogens (tertiary/aromatic N) is 3. The highest BCUT2D eigenvalue weighted by Crippen LogP contribution is 2.35. The van der Waals surface area contributed by atoms with Crippen LogP contribution >= 0.6 is 24.0 Å². The Bertz CT molecular complexity index is 1500. The summed E-state index contributed by atoms with van der Waals surface area (Å²) in [5, 5.41) is 14.0. The number of aliphatic carboxylic acids is 1. The van der Waals surface area contributed by atoms with E-state index in [9.17, 15) is 9.59 Å². The van der Waals surface area contributed by atoms with Gasteiger partial charge in [-0.2, -0.15) is 5.10 Å². The summed E-state index contributed by atoms with van der Waals surface area (Å²) >= 11 is 6.33. The molecule has 37 heavy (non-hydrogen) atoms. The average Bonchev–Trinajstić information content (AvgIpc) is 3.45. The van der Waals surface area contributed by atoms with E-state index in [0.29, 0.717) is 28.5 Å². The Kier molecular flexibility index (Phi) is 7.16. The van der Waals surface area contributed by atoms with Crippen LogP contribution in [0.2, 0.25) is 0 Å². The molecular formula is C28H21N3O4S2. The van der Waals surface area contributed by atoms with Gasteiger partial charge in [-0.05, 0) is 35.9 Å². The molecule has 0 aliphatic carbocycles. The van der Waals surface area contributed by atoms with Crippen molar-refractivity contribution >= 4 is 46.3 Å². The lowest BCUT2D eigenvalue weighted by molar-refractivity contribution is -0.140. The Morgan fingerprint density at radius 2 is 1.76 bits per heavy atom. The van der Waals surface area contributed by atoms with E-state index in [4.69, 9.17) is 27.2 Å². The van der Waals surface area contributed by atoms with E-state index in [-0.39, 0.29) is 4.32 Å². The van der Waals surface area contributed by atoms with Crippen LogP contribution in [0, 0.1) is 0 Å². The highest BCUT2D eigenvalue weighted by atomic mass is 32.2. The van der Waals surface area contributed by atoms with Crippen LogP contribution in [-0.4, -0.2) is 42.5 Å². The van der Waals surface area contributed by atoms with Crippen LogP contribution < -0.4 is 4.74 Å². The molecule has 4 aromatic rings. The SMILES string of the molecule is O=C(O)CN1C(=O)/C(=C\c2cn(-c3ccccc3)nc2-c2cccc(OCc3ccccc3)c2)SC1=S. The lowest BCUT2D eigenvalue weighted by Crippen LogP contribution is -2.33. The Hall–Kier alpha value is -4.21. The number of thiocarbonyl (C=S) groups is 1. The fourth-order valence-electron chi connectivity index (χ4n) is 3.82. The number of amides is 1. The van der Waals surface area contributed by atoms with Crippen LogP contribution in [-0.2, 0) is 16.2 Å². The monoisotopic (exact) mass is 527 g/mol. The molecule has 1 aliphatic rings. The van der Waals surface area contributed by atoms with Gasteiger partial charge in [0, 0.05) is 17.3 Å². The summed E-state index contributed by atoms with van der Waals surface area (Å²) in [6, 6.07) is 27.2. The number of carbonyl (C=O) groups is 2. The number of benzene rings is 3. The van der Waals surface area contributed by atoms with E-state index in [0.717, 1.165) is 33.5 Å². The minimum absolute atomic E-state index is 0.215. The van der Waals surface area contributed by atoms with E-state index >= 15 is 0 Å². The zero-order valence-electron chi connectivity index (χ0n) is 19.5. The molecule has 3 aromatic carbocycles. The van der Waals surface area contributed by atoms with Crippen molar-refractivity contribution in [1.82, 2.24) is 14.7 Å². The predicted octanol–water partition coefficient (Wildman–Crippen LogP) is 5.40. The topological polar surface area (TPSA) is 84.7 Å². The Morgan fingerprint density at radius 1 is 1.03 bits per heavy atom. The molecule has 0 bridgehead atoms. The van der Waals surface area contributed by atoms with Crippen molar-refractivity contribution in [3.8, 4) is 22.7 Å². The molecule has 9 heteroatoms. The molecule has 5 rings (SSSR count). The van der Waals surface area contributed by atoms with Crippen molar-refractivity contribution in [3.05, 3.63) is 107 Å². The summed E-state index contributed by atoms with van der Waals surface area (Å²) in [7, 11) is 0. The molecule has 0 saturated carbocycles. The number of carboxylic acids is 1. The lowest BCUT2D eigenvalue weighted by atomic mass is 10.1. The number of hydrogen-bond donors (Lipinski definition) is 1. The molecule has 1 aromatic heterocycles. The van der Waals surface area contributed by atoms with Gasteiger partial charge in [0.1, 0.15) is 28.9 Å². The third kappa shape index (κ3) is 5.63. The minimum atomic E-state index is -1.12. The van der Waals surface area contributed by atoms with Gasteiger partial charge in [0.2, 0.25) is 0 Å². The van der Waals surface area contributed by atoms with Gasteiger partial charge in [-0.3, -0.25) is 14.5 Å². The summed E-state index contributed by atoms with van der Waals surface area (Å²) in [6.07, 6.45) is 3.55. The number of ether oxygens (including phenoxy) is 1. The van der Waals surface area contributed by atoms with Gasteiger partial charge in [-0.1, -0.05) is 84.6 Å². The smallest absolute Gasteiger partial charge is 0.323 e. The Morgan fingerprint density at radius 3 is 2.49 bits per heavy atom. The summed E-state index contributed by atoms with van der Waals surface area (Å²) < 4.78 is 7.97. The first kappa shape index (κ1) is 24.5. The van der Waals surface area contributed by atoms with Crippen LogP contribution in [0.25, 0.3) is 23.0 Å². The average molecular weight is 528 g/mol. The van der Waals surface area contributed by atoms with Gasteiger partial charge in [0.25, 0.3) is 5.91 Å². The van der Waals surface area contributed by atoms with Crippen LogP contribution in [0.4, 0.5) is 0 Å². The molecule has 7 nitrogen and oxygen atoms in total. The van der Waals surface area contributed by atoms with E-state index in [2.05, 4.69) is 0 Å². The third-order valence-electron chi connectivity index (χ3n) is 5.57. The number of aromatic nitrogens is 2. The van der Waals surface area contributed by atoms with Gasteiger partial charge >= 0.3 is 5.97 Å². The Balaban J connectivity index is 1.51. The van der Waals surface area contributed by atoms with Crippen molar-refractivity contribution in [2.45, 2.75) is 6.61 Å². The van der Waals surface area contributed by atoms with E-state index in [1.54, 1.807) is 10.8 Å². The van der Waals surface area contributed by atoms with Crippen LogP contribution in [0.5, 0.6) is 5.75 Å². The second kappa shape index (κ2) is 10.8. The molecule has 0 radical (unpaired) electrons. The van der Waals surface area contributed by atoms with E-state index in [1.165, 1.54) is 0 Å². The minimum Gasteiger partial charge on any atom is -0.489 e. The highest BCUT2D eigenvalue weighted by molar-refractivity contribution is 8.26. The number of carbonyl (C=O) groups excluding carboxylic acids is 1. The third-order valence-corrected chi connectivity index (χ3v) is 6.95. The Labute approximate surface area is 223 Å². The normalized spacial score (nSPS) is 14.4. The molecule has 0 unspecified atom stereocenters. The standard InChI is InChI=1S/C28H21N3O4S2/c32-25(33)17-30-27(34)24(37-28(30)36)15-21-16-31(22-11-5-2-6-12-22)29-26(21)20-10-7-13-23(14-20)35-18-19-8-3-1-4-9-19/h1-16H,17-18H2,(H,32,33)/b24-15+. The van der Waals surface area contributed by atoms with E-state index < -0.39 is 18.4 Å². The van der Waals surface area contributed by atoms with Crippen molar-refractivity contribution in [1.29, 1.82) is 0 Å². The van der Waals surface area contributed by atoms with Crippen LogP contribution in [0.15, 0.2) is 96.0 Å². The largest absolute Gasteiger partial charge is 0.489 e. The van der Waals surface area contributed by atoms with Crippen LogP contribution in [0.1, 0.15) is 11.1 Å². The zero-order valence-corrected chi connectivity index (χ0v) is 21.1. The number of rotatable bonds is 8. The molecule has 1 amide bonds. The first-order valence-corrected chi connectivity index (χ1v) is 12.6. The first-order valence-electron chi connectivity index (χ1n) is 11.4. The summed E-state index contributed by atoms with van der Waals surface area (Å²) in [6.45, 7) is -0.0411. The van der Waals surface area contributed by atoms with E-state index in [1.807, 2.05) is 91.1 Å². The van der Waals surface area contributed by atoms with Crippen molar-refractivity contribution in [3.63, 3.8) is 0 Å². The molecular weight excluding hydrogens is 506 g/mol. The molecule has 0 spiro atoms.